The van der Waals surface area contributed by atoms with Gasteiger partial charge in [0.15, 0.2) is 0 Å². The van der Waals surface area contributed by atoms with E-state index in [9.17, 15) is 0 Å². The quantitative estimate of drug-likeness (QED) is 0.728. The lowest BCUT2D eigenvalue weighted by Crippen LogP contribution is -2.46. The monoisotopic (exact) mass is 311 g/mol. The van der Waals surface area contributed by atoms with Gasteiger partial charge in [-0.25, -0.2) is 9.97 Å². The molecule has 0 unspecified atom stereocenters. The number of piperazine rings is 1. The second-order valence-corrected chi connectivity index (χ2v) is 6.32. The second-order valence-electron chi connectivity index (χ2n) is 5.40. The summed E-state index contributed by atoms with van der Waals surface area (Å²) in [6, 6.07) is 6.21. The average Bonchev–Trinajstić information content (AvgIpc) is 3.04. The average molecular weight is 311 g/mol. The second kappa shape index (κ2) is 5.53. The number of nitrogens with zero attached hydrogens (tertiary/aromatic N) is 5. The molecule has 0 bridgehead atoms. The van der Waals surface area contributed by atoms with E-state index in [0.29, 0.717) is 0 Å². The third-order valence-corrected chi connectivity index (χ3v) is 4.95. The van der Waals surface area contributed by atoms with Gasteiger partial charge in [-0.2, -0.15) is 0 Å². The number of thiophene rings is 1. The van der Waals surface area contributed by atoms with Gasteiger partial charge in [0.1, 0.15) is 11.6 Å². The molecular weight excluding hydrogens is 294 g/mol. The van der Waals surface area contributed by atoms with E-state index in [1.807, 2.05) is 25.4 Å². The summed E-state index contributed by atoms with van der Waals surface area (Å²) < 4.78 is 1.29. The summed E-state index contributed by atoms with van der Waals surface area (Å²) in [5.41, 5.74) is 2.40. The molecule has 0 spiro atoms. The lowest BCUT2D eigenvalue weighted by molar-refractivity contribution is 0.647. The van der Waals surface area contributed by atoms with Crippen molar-refractivity contribution in [3.8, 4) is 0 Å². The number of fused-ring (bicyclic) bond motifs is 1. The molecule has 0 aromatic carbocycles. The number of aromatic nitrogens is 3. The fraction of sp³-hybridized carbons (Fsp3) is 0.312. The topological polar surface area (TPSA) is 45.2 Å². The summed E-state index contributed by atoms with van der Waals surface area (Å²) in [4.78, 5) is 17.9. The highest BCUT2D eigenvalue weighted by atomic mass is 32.1. The van der Waals surface area contributed by atoms with Crippen LogP contribution in [0.2, 0.25) is 0 Å². The number of hydrogen-bond acceptors (Lipinski definition) is 6. The zero-order valence-corrected chi connectivity index (χ0v) is 13.3. The number of hydrogen-bond donors (Lipinski definition) is 0. The van der Waals surface area contributed by atoms with Gasteiger partial charge in [-0.3, -0.25) is 4.98 Å². The predicted molar refractivity (Wildman–Crippen MR) is 90.8 cm³/mol. The molecule has 6 heteroatoms. The summed E-state index contributed by atoms with van der Waals surface area (Å²) in [5.74, 6) is 1.86. The van der Waals surface area contributed by atoms with E-state index in [0.717, 1.165) is 43.3 Å². The fourth-order valence-corrected chi connectivity index (χ4v) is 3.80. The van der Waals surface area contributed by atoms with Crippen molar-refractivity contribution in [1.82, 2.24) is 15.0 Å². The van der Waals surface area contributed by atoms with Crippen molar-refractivity contribution in [3.05, 3.63) is 41.8 Å². The Morgan fingerprint density at radius 3 is 2.55 bits per heavy atom. The van der Waals surface area contributed by atoms with E-state index in [2.05, 4.69) is 42.3 Å². The van der Waals surface area contributed by atoms with Crippen molar-refractivity contribution in [2.45, 2.75) is 6.92 Å². The van der Waals surface area contributed by atoms with Crippen LogP contribution < -0.4 is 9.80 Å². The molecule has 4 heterocycles. The summed E-state index contributed by atoms with van der Waals surface area (Å²) >= 11 is 1.77. The number of rotatable bonds is 2. The maximum Gasteiger partial charge on any atom is 0.132 e. The molecule has 5 nitrogen and oxygen atoms in total. The molecule has 0 saturated carbocycles. The number of aryl methyl sites for hydroxylation is 1. The van der Waals surface area contributed by atoms with Crippen LogP contribution in [-0.4, -0.2) is 41.1 Å². The largest absolute Gasteiger partial charge is 0.367 e. The molecule has 0 radical (unpaired) electrons. The normalized spacial score (nSPS) is 15.5. The van der Waals surface area contributed by atoms with Gasteiger partial charge in [0.05, 0.1) is 15.9 Å². The Hall–Kier alpha value is -2.21. The molecule has 0 aliphatic carbocycles. The Kier molecular flexibility index (Phi) is 3.38. The Morgan fingerprint density at radius 2 is 1.73 bits per heavy atom. The van der Waals surface area contributed by atoms with Crippen molar-refractivity contribution >= 4 is 33.1 Å². The van der Waals surface area contributed by atoms with Gasteiger partial charge < -0.3 is 9.80 Å². The van der Waals surface area contributed by atoms with Crippen LogP contribution in [0, 0.1) is 6.92 Å². The third kappa shape index (κ3) is 2.39. The van der Waals surface area contributed by atoms with Crippen LogP contribution in [0.15, 0.2) is 36.0 Å². The van der Waals surface area contributed by atoms with E-state index in [1.165, 1.54) is 10.4 Å². The molecule has 1 aliphatic heterocycles. The van der Waals surface area contributed by atoms with E-state index in [-0.39, 0.29) is 0 Å². The van der Waals surface area contributed by atoms with Gasteiger partial charge in [-0.05, 0) is 30.5 Å². The highest BCUT2D eigenvalue weighted by Gasteiger charge is 2.20. The Bertz CT molecular complexity index is 792. The van der Waals surface area contributed by atoms with Crippen molar-refractivity contribution in [2.75, 3.05) is 36.0 Å². The van der Waals surface area contributed by atoms with Crippen LogP contribution in [0.1, 0.15) is 5.82 Å². The molecule has 0 N–H and O–H groups in total. The summed E-state index contributed by atoms with van der Waals surface area (Å²) in [7, 11) is 0. The van der Waals surface area contributed by atoms with Crippen LogP contribution in [0.5, 0.6) is 0 Å². The summed E-state index contributed by atoms with van der Waals surface area (Å²) in [6.07, 6.45) is 3.74. The van der Waals surface area contributed by atoms with E-state index >= 15 is 0 Å². The van der Waals surface area contributed by atoms with E-state index in [4.69, 9.17) is 0 Å². The first-order valence-corrected chi connectivity index (χ1v) is 8.31. The van der Waals surface area contributed by atoms with Crippen LogP contribution in [0.4, 0.5) is 11.5 Å². The van der Waals surface area contributed by atoms with Crippen molar-refractivity contribution in [3.63, 3.8) is 0 Å². The Labute approximate surface area is 133 Å². The van der Waals surface area contributed by atoms with Crippen LogP contribution in [-0.2, 0) is 0 Å². The van der Waals surface area contributed by atoms with Gasteiger partial charge in [-0.1, -0.05) is 0 Å². The van der Waals surface area contributed by atoms with Gasteiger partial charge in [0, 0.05) is 38.6 Å². The summed E-state index contributed by atoms with van der Waals surface area (Å²) in [5, 5.41) is 2.11. The Balaban J connectivity index is 1.53. The molecule has 3 aromatic heterocycles. The molecule has 1 fully saturated rings. The minimum atomic E-state index is 0.828. The van der Waals surface area contributed by atoms with Crippen molar-refractivity contribution in [1.29, 1.82) is 0 Å². The molecule has 0 amide bonds. The summed E-state index contributed by atoms with van der Waals surface area (Å²) in [6.45, 7) is 5.89. The highest BCUT2D eigenvalue weighted by Crippen LogP contribution is 2.30. The smallest absolute Gasteiger partial charge is 0.132 e. The van der Waals surface area contributed by atoms with Crippen molar-refractivity contribution in [2.24, 2.45) is 0 Å². The zero-order chi connectivity index (χ0) is 14.9. The molecule has 1 saturated heterocycles. The van der Waals surface area contributed by atoms with Gasteiger partial charge in [0.25, 0.3) is 0 Å². The predicted octanol–water partition coefficient (Wildman–Crippen LogP) is 2.72. The molecular formula is C16H17N5S. The molecule has 0 atom stereocenters. The minimum absolute atomic E-state index is 0.828. The third-order valence-electron chi connectivity index (χ3n) is 4.03. The van der Waals surface area contributed by atoms with Gasteiger partial charge in [0.2, 0.25) is 0 Å². The van der Waals surface area contributed by atoms with Crippen LogP contribution >= 0.6 is 11.3 Å². The van der Waals surface area contributed by atoms with E-state index < -0.39 is 0 Å². The zero-order valence-electron chi connectivity index (χ0n) is 12.4. The molecule has 3 aromatic rings. The standard InChI is InChI=1S/C16H17N5S/c1-12-17-6-3-15(19-12)21-9-7-20(8-10-21)14-2-5-18-13-4-11-22-16(13)14/h2-6,11H,7-10H2,1H3. The first kappa shape index (κ1) is 13.5. The van der Waals surface area contributed by atoms with E-state index in [1.54, 1.807) is 11.3 Å². The molecule has 112 valence electrons. The Morgan fingerprint density at radius 1 is 0.955 bits per heavy atom. The molecule has 22 heavy (non-hydrogen) atoms. The maximum atomic E-state index is 4.52. The molecule has 1 aliphatic rings. The lowest BCUT2D eigenvalue weighted by Gasteiger charge is -2.36. The fourth-order valence-electron chi connectivity index (χ4n) is 2.90. The molecule has 4 rings (SSSR count). The van der Waals surface area contributed by atoms with Gasteiger partial charge in [-0.15, -0.1) is 11.3 Å². The SMILES string of the molecule is Cc1nccc(N2CCN(c3ccnc4ccsc34)CC2)n1. The maximum absolute atomic E-state index is 4.52. The first-order valence-electron chi connectivity index (χ1n) is 7.43. The van der Waals surface area contributed by atoms with Crippen LogP contribution in [0.25, 0.3) is 10.2 Å². The van der Waals surface area contributed by atoms with Crippen molar-refractivity contribution < 1.29 is 0 Å². The first-order chi connectivity index (χ1) is 10.8. The minimum Gasteiger partial charge on any atom is -0.367 e. The number of anilines is 2. The highest BCUT2D eigenvalue weighted by molar-refractivity contribution is 7.17. The lowest BCUT2D eigenvalue weighted by atomic mass is 10.2. The van der Waals surface area contributed by atoms with Gasteiger partial charge >= 0.3 is 0 Å². The van der Waals surface area contributed by atoms with Crippen LogP contribution in [0.3, 0.4) is 0 Å². The number of pyridine rings is 1.